The first-order valence-electron chi connectivity index (χ1n) is 19.8. The van der Waals surface area contributed by atoms with Gasteiger partial charge in [0.2, 0.25) is 0 Å². The van der Waals surface area contributed by atoms with E-state index in [1.807, 2.05) is 11.3 Å². The lowest BCUT2D eigenvalue weighted by atomic mass is 9.79. The van der Waals surface area contributed by atoms with E-state index in [1.165, 1.54) is 86.6 Å². The topological polar surface area (TPSA) is 3.24 Å². The largest absolute Gasteiger partial charge is 0.310 e. The van der Waals surface area contributed by atoms with E-state index in [9.17, 15) is 0 Å². The highest BCUT2D eigenvalue weighted by Gasteiger charge is 2.39. The highest BCUT2D eigenvalue weighted by atomic mass is 32.1. The molecule has 57 heavy (non-hydrogen) atoms. The molecule has 1 aliphatic carbocycles. The Morgan fingerprint density at radius 1 is 0.386 bits per heavy atom. The number of hydrogen-bond donors (Lipinski definition) is 0. The van der Waals surface area contributed by atoms with Gasteiger partial charge in [0.25, 0.3) is 0 Å². The summed E-state index contributed by atoms with van der Waals surface area (Å²) in [5, 5.41) is 5.35. The molecule has 0 fully saturated rings. The molecule has 0 spiro atoms. The second-order valence-electron chi connectivity index (χ2n) is 15.7. The minimum absolute atomic E-state index is 0.175. The Labute approximate surface area is 337 Å². The maximum absolute atomic E-state index is 2.48. The first-order chi connectivity index (χ1) is 28.0. The van der Waals surface area contributed by atoms with E-state index in [2.05, 4.69) is 219 Å². The van der Waals surface area contributed by atoms with Crippen LogP contribution in [0.15, 0.2) is 200 Å². The first-order valence-corrected chi connectivity index (χ1v) is 20.6. The molecule has 0 saturated carbocycles. The van der Waals surface area contributed by atoms with Crippen LogP contribution >= 0.6 is 11.3 Å². The molecule has 0 saturated heterocycles. The zero-order valence-corrected chi connectivity index (χ0v) is 32.7. The summed E-state index contributed by atoms with van der Waals surface area (Å²) in [5.41, 5.74) is 16.1. The number of fused-ring (bicyclic) bond motifs is 10. The summed E-state index contributed by atoms with van der Waals surface area (Å²) in [6.45, 7) is 4.85. The molecule has 0 unspecified atom stereocenters. The SMILES string of the molecule is CC1(C)c2ccccc2-c2c1c1c3cc(N(c4ccc(-c5ccccc5)cc4)c4ccc(-c5ccccc5)cc4)cc(-c4ccccc4)c3sc1c1ccccc21. The van der Waals surface area contributed by atoms with Crippen molar-refractivity contribution in [1.29, 1.82) is 0 Å². The van der Waals surface area contributed by atoms with Crippen molar-refractivity contribution >= 4 is 59.3 Å². The minimum Gasteiger partial charge on any atom is -0.310 e. The van der Waals surface area contributed by atoms with Gasteiger partial charge in [0.05, 0.1) is 0 Å². The van der Waals surface area contributed by atoms with Crippen LogP contribution in [0.1, 0.15) is 25.0 Å². The third-order valence-electron chi connectivity index (χ3n) is 12.0. The highest BCUT2D eigenvalue weighted by Crippen LogP contribution is 2.58. The van der Waals surface area contributed by atoms with Gasteiger partial charge in [0.1, 0.15) is 0 Å². The van der Waals surface area contributed by atoms with Gasteiger partial charge in [-0.05, 0) is 91.9 Å². The van der Waals surface area contributed by atoms with Crippen LogP contribution in [-0.2, 0) is 5.41 Å². The van der Waals surface area contributed by atoms with Crippen molar-refractivity contribution in [3.8, 4) is 44.5 Å². The third-order valence-corrected chi connectivity index (χ3v) is 13.3. The summed E-state index contributed by atoms with van der Waals surface area (Å²) in [5.74, 6) is 0. The zero-order valence-electron chi connectivity index (χ0n) is 31.9. The van der Waals surface area contributed by atoms with E-state index in [-0.39, 0.29) is 5.41 Å². The van der Waals surface area contributed by atoms with Crippen molar-refractivity contribution < 1.29 is 0 Å². The fourth-order valence-corrected chi connectivity index (χ4v) is 10.7. The molecule has 2 heteroatoms. The van der Waals surface area contributed by atoms with Crippen molar-refractivity contribution in [2.24, 2.45) is 0 Å². The fraction of sp³-hybridized carbons (Fsp3) is 0.0545. The predicted octanol–water partition coefficient (Wildman–Crippen LogP) is 16.0. The molecule has 1 heterocycles. The van der Waals surface area contributed by atoms with E-state index >= 15 is 0 Å². The van der Waals surface area contributed by atoms with Crippen LogP contribution in [0.4, 0.5) is 17.1 Å². The molecule has 0 atom stereocenters. The van der Waals surface area contributed by atoms with Gasteiger partial charge in [0, 0.05) is 53.6 Å². The first kappa shape index (κ1) is 33.6. The van der Waals surface area contributed by atoms with Crippen molar-refractivity contribution in [1.82, 2.24) is 0 Å². The van der Waals surface area contributed by atoms with Gasteiger partial charge in [0.15, 0.2) is 0 Å². The summed E-state index contributed by atoms with van der Waals surface area (Å²) >= 11 is 1.95. The predicted molar refractivity (Wildman–Crippen MR) is 245 cm³/mol. The molecule has 1 aromatic heterocycles. The summed E-state index contributed by atoms with van der Waals surface area (Å²) in [6, 6.07) is 73.4. The Hall–Kier alpha value is -6.74. The standard InChI is InChI=1S/C55H39NS/c1-55(2)49-25-15-14-24-46(49)50-44-22-12-13-23-45(44)54-51(52(50)55)48-35-43(34-47(53(48)57-54)40-20-10-5-11-21-40)56(41-30-26-38(27-31-41)36-16-6-3-7-17-36)42-32-28-39(29-33-42)37-18-8-4-9-19-37/h3-35H,1-2H3. The lowest BCUT2D eigenvalue weighted by molar-refractivity contribution is 0.667. The van der Waals surface area contributed by atoms with E-state index < -0.39 is 0 Å². The Balaban J connectivity index is 1.21. The van der Waals surface area contributed by atoms with Crippen LogP contribution in [0.3, 0.4) is 0 Å². The molecular formula is C55H39NS. The molecule has 0 N–H and O–H groups in total. The van der Waals surface area contributed by atoms with E-state index in [1.54, 1.807) is 0 Å². The van der Waals surface area contributed by atoms with Gasteiger partial charge in [-0.2, -0.15) is 0 Å². The summed E-state index contributed by atoms with van der Waals surface area (Å²) in [7, 11) is 0. The van der Waals surface area contributed by atoms with Crippen LogP contribution in [0.2, 0.25) is 0 Å². The van der Waals surface area contributed by atoms with Gasteiger partial charge in [-0.3, -0.25) is 0 Å². The second kappa shape index (κ2) is 13.2. The molecule has 1 aliphatic rings. The van der Waals surface area contributed by atoms with Crippen molar-refractivity contribution in [2.45, 2.75) is 19.3 Å². The Morgan fingerprint density at radius 2 is 0.877 bits per heavy atom. The van der Waals surface area contributed by atoms with Crippen molar-refractivity contribution in [3.05, 3.63) is 211 Å². The number of anilines is 3. The van der Waals surface area contributed by atoms with Crippen LogP contribution in [0.5, 0.6) is 0 Å². The smallest absolute Gasteiger partial charge is 0.0475 e. The molecule has 9 aromatic carbocycles. The number of nitrogens with zero attached hydrogens (tertiary/aromatic N) is 1. The van der Waals surface area contributed by atoms with Gasteiger partial charge in [-0.25, -0.2) is 0 Å². The summed E-state index contributed by atoms with van der Waals surface area (Å²) < 4.78 is 2.68. The number of rotatable bonds is 6. The number of thiophene rings is 1. The molecule has 10 aromatic rings. The summed E-state index contributed by atoms with van der Waals surface area (Å²) in [6.07, 6.45) is 0. The molecule has 11 rings (SSSR count). The quantitative estimate of drug-likeness (QED) is 0.164. The minimum atomic E-state index is -0.175. The zero-order chi connectivity index (χ0) is 38.1. The Kier molecular flexibility index (Phi) is 7.77. The molecule has 1 nitrogen and oxygen atoms in total. The lowest BCUT2D eigenvalue weighted by Crippen LogP contribution is -2.15. The van der Waals surface area contributed by atoms with E-state index in [0.717, 1.165) is 17.1 Å². The average molecular weight is 746 g/mol. The van der Waals surface area contributed by atoms with Gasteiger partial charge < -0.3 is 4.90 Å². The maximum Gasteiger partial charge on any atom is 0.0475 e. The molecule has 0 radical (unpaired) electrons. The maximum atomic E-state index is 2.48. The fourth-order valence-electron chi connectivity index (χ4n) is 9.34. The number of benzene rings is 9. The van der Waals surface area contributed by atoms with Gasteiger partial charge in [-0.1, -0.05) is 178 Å². The monoisotopic (exact) mass is 745 g/mol. The lowest BCUT2D eigenvalue weighted by Gasteiger charge is -2.27. The van der Waals surface area contributed by atoms with Gasteiger partial charge in [-0.15, -0.1) is 11.3 Å². The van der Waals surface area contributed by atoms with Crippen LogP contribution < -0.4 is 4.90 Å². The average Bonchev–Trinajstić information content (AvgIpc) is 3.77. The second-order valence-corrected chi connectivity index (χ2v) is 16.7. The number of hydrogen-bond acceptors (Lipinski definition) is 2. The third kappa shape index (κ3) is 5.36. The summed E-state index contributed by atoms with van der Waals surface area (Å²) in [4.78, 5) is 2.44. The highest BCUT2D eigenvalue weighted by molar-refractivity contribution is 7.27. The Bertz CT molecular complexity index is 3020. The molecule has 270 valence electrons. The molecule has 0 aliphatic heterocycles. The van der Waals surface area contributed by atoms with E-state index in [0.29, 0.717) is 0 Å². The van der Waals surface area contributed by atoms with Crippen molar-refractivity contribution in [2.75, 3.05) is 4.90 Å². The van der Waals surface area contributed by atoms with Crippen LogP contribution in [0.25, 0.3) is 75.5 Å². The van der Waals surface area contributed by atoms with E-state index in [4.69, 9.17) is 0 Å². The molecule has 0 amide bonds. The molecular weight excluding hydrogens is 707 g/mol. The van der Waals surface area contributed by atoms with Gasteiger partial charge >= 0.3 is 0 Å². The normalized spacial score (nSPS) is 12.9. The van der Waals surface area contributed by atoms with Crippen LogP contribution in [-0.4, -0.2) is 0 Å². The Morgan fingerprint density at radius 3 is 1.47 bits per heavy atom. The van der Waals surface area contributed by atoms with Crippen LogP contribution in [0, 0.1) is 0 Å². The van der Waals surface area contributed by atoms with Crippen molar-refractivity contribution in [3.63, 3.8) is 0 Å². The molecule has 0 bridgehead atoms.